The van der Waals surface area contributed by atoms with Crippen molar-refractivity contribution in [2.75, 3.05) is 0 Å². The molecular weight excluding hydrogens is 221 g/mol. The molecule has 0 aliphatic rings. The van der Waals surface area contributed by atoms with E-state index in [1.54, 1.807) is 0 Å². The van der Waals surface area contributed by atoms with Gasteiger partial charge in [-0.15, -0.1) is 0 Å². The van der Waals surface area contributed by atoms with Crippen LogP contribution in [0, 0.1) is 0 Å². The van der Waals surface area contributed by atoms with Crippen molar-refractivity contribution in [3.63, 3.8) is 0 Å². The lowest BCUT2D eigenvalue weighted by Crippen LogP contribution is -2.34. The van der Waals surface area contributed by atoms with Crippen molar-refractivity contribution in [1.29, 1.82) is 0 Å². The van der Waals surface area contributed by atoms with Crippen LogP contribution in [0.3, 0.4) is 0 Å². The standard InChI is InChI=1S/C4H4ClF3O3S/c1-2(9)3(5)12(10,11)4(6,7)8/h3H,1H3. The van der Waals surface area contributed by atoms with Gasteiger partial charge in [-0.3, -0.25) is 4.79 Å². The maximum absolute atomic E-state index is 11.6. The molecule has 1 atom stereocenters. The van der Waals surface area contributed by atoms with Gasteiger partial charge in [0.15, 0.2) is 5.78 Å². The summed E-state index contributed by atoms with van der Waals surface area (Å²) in [6.07, 6.45) is 0. The zero-order valence-electron chi connectivity index (χ0n) is 5.72. The van der Waals surface area contributed by atoms with Crippen LogP contribution in [-0.4, -0.2) is 24.4 Å². The highest BCUT2D eigenvalue weighted by molar-refractivity contribution is 7.94. The minimum Gasteiger partial charge on any atom is -0.297 e. The lowest BCUT2D eigenvalue weighted by atomic mass is 10.5. The van der Waals surface area contributed by atoms with E-state index < -0.39 is 25.8 Å². The summed E-state index contributed by atoms with van der Waals surface area (Å²) in [4.78, 5) is 10.2. The molecule has 0 spiro atoms. The van der Waals surface area contributed by atoms with Gasteiger partial charge in [-0.1, -0.05) is 11.6 Å². The van der Waals surface area contributed by atoms with Gasteiger partial charge >= 0.3 is 5.51 Å². The molecule has 0 aliphatic heterocycles. The molecule has 12 heavy (non-hydrogen) atoms. The van der Waals surface area contributed by atoms with Gasteiger partial charge in [-0.2, -0.15) is 13.2 Å². The first-order chi connectivity index (χ1) is 5.10. The summed E-state index contributed by atoms with van der Waals surface area (Å²) in [5.74, 6) is -1.26. The first kappa shape index (κ1) is 11.7. The van der Waals surface area contributed by atoms with Gasteiger partial charge < -0.3 is 0 Å². The van der Waals surface area contributed by atoms with Crippen LogP contribution in [0.25, 0.3) is 0 Å². The van der Waals surface area contributed by atoms with Crippen molar-refractivity contribution in [3.8, 4) is 0 Å². The van der Waals surface area contributed by atoms with Crippen molar-refractivity contribution >= 4 is 27.2 Å². The topological polar surface area (TPSA) is 51.2 Å². The lowest BCUT2D eigenvalue weighted by Gasteiger charge is -2.10. The Kier molecular flexibility index (Phi) is 3.13. The summed E-state index contributed by atoms with van der Waals surface area (Å²) in [5.41, 5.74) is -5.48. The fourth-order valence-electron chi connectivity index (χ4n) is 0.336. The average Bonchev–Trinajstić information content (AvgIpc) is 1.83. The summed E-state index contributed by atoms with van der Waals surface area (Å²) in [6.45, 7) is 0.668. The van der Waals surface area contributed by atoms with E-state index in [9.17, 15) is 26.4 Å². The zero-order valence-corrected chi connectivity index (χ0v) is 7.29. The Bertz CT molecular complexity index is 280. The molecule has 1 unspecified atom stereocenters. The van der Waals surface area contributed by atoms with Gasteiger partial charge in [0.05, 0.1) is 0 Å². The number of hydrogen-bond donors (Lipinski definition) is 0. The van der Waals surface area contributed by atoms with Crippen molar-refractivity contribution in [3.05, 3.63) is 0 Å². The van der Waals surface area contributed by atoms with Gasteiger partial charge in [0.2, 0.25) is 4.71 Å². The molecule has 0 aromatic heterocycles. The Balaban J connectivity index is 5.03. The van der Waals surface area contributed by atoms with Crippen molar-refractivity contribution < 1.29 is 26.4 Å². The van der Waals surface area contributed by atoms with Crippen molar-refractivity contribution in [1.82, 2.24) is 0 Å². The molecule has 0 saturated heterocycles. The van der Waals surface area contributed by atoms with Crippen LogP contribution in [0.1, 0.15) is 6.92 Å². The molecule has 0 fully saturated rings. The van der Waals surface area contributed by atoms with E-state index in [1.807, 2.05) is 0 Å². The highest BCUT2D eigenvalue weighted by Gasteiger charge is 2.51. The molecule has 0 rings (SSSR count). The molecule has 0 bridgehead atoms. The highest BCUT2D eigenvalue weighted by Crippen LogP contribution is 2.29. The van der Waals surface area contributed by atoms with Crippen LogP contribution < -0.4 is 0 Å². The molecule has 0 radical (unpaired) electrons. The minimum absolute atomic E-state index is 0.668. The van der Waals surface area contributed by atoms with Crippen LogP contribution in [0.5, 0.6) is 0 Å². The number of hydrogen-bond acceptors (Lipinski definition) is 3. The van der Waals surface area contributed by atoms with Crippen molar-refractivity contribution in [2.24, 2.45) is 0 Å². The maximum atomic E-state index is 11.6. The van der Waals surface area contributed by atoms with E-state index >= 15 is 0 Å². The number of Topliss-reactive ketones (excluding diaryl/α,β-unsaturated/α-hetero) is 1. The van der Waals surface area contributed by atoms with Crippen LogP contribution in [0.4, 0.5) is 13.2 Å². The van der Waals surface area contributed by atoms with Crippen LogP contribution in [0.2, 0.25) is 0 Å². The zero-order chi connectivity index (χ0) is 10.2. The second kappa shape index (κ2) is 3.21. The molecule has 0 saturated carbocycles. The van der Waals surface area contributed by atoms with Gasteiger partial charge in [0, 0.05) is 0 Å². The summed E-state index contributed by atoms with van der Waals surface area (Å²) >= 11 is 4.73. The summed E-state index contributed by atoms with van der Waals surface area (Å²) in [5, 5.41) is 0. The number of carbonyl (C=O) groups is 1. The fraction of sp³-hybridized carbons (Fsp3) is 0.750. The average molecular weight is 225 g/mol. The van der Waals surface area contributed by atoms with Crippen LogP contribution >= 0.6 is 11.6 Å². The smallest absolute Gasteiger partial charge is 0.297 e. The Morgan fingerprint density at radius 3 is 1.83 bits per heavy atom. The third-order valence-corrected chi connectivity index (χ3v) is 3.45. The largest absolute Gasteiger partial charge is 0.499 e. The van der Waals surface area contributed by atoms with E-state index in [4.69, 9.17) is 11.6 Å². The normalized spacial score (nSPS) is 15.8. The summed E-state index contributed by atoms with van der Waals surface area (Å²) < 4.78 is 52.9. The molecule has 0 aromatic rings. The number of ketones is 1. The molecule has 72 valence electrons. The molecule has 0 N–H and O–H groups in total. The van der Waals surface area contributed by atoms with E-state index in [-0.39, 0.29) is 0 Å². The van der Waals surface area contributed by atoms with Gasteiger partial charge in [-0.05, 0) is 6.92 Å². The third kappa shape index (κ3) is 2.10. The molecule has 8 heteroatoms. The quantitative estimate of drug-likeness (QED) is 0.660. The predicted molar refractivity (Wildman–Crippen MR) is 35.3 cm³/mol. The second-order valence-electron chi connectivity index (χ2n) is 1.92. The number of rotatable bonds is 2. The van der Waals surface area contributed by atoms with E-state index in [2.05, 4.69) is 0 Å². The Morgan fingerprint density at radius 2 is 1.75 bits per heavy atom. The Hall–Kier alpha value is -0.300. The van der Waals surface area contributed by atoms with E-state index in [0.717, 1.165) is 0 Å². The summed E-state index contributed by atoms with van der Waals surface area (Å²) in [7, 11) is -5.56. The van der Waals surface area contributed by atoms with Gasteiger partial charge in [-0.25, -0.2) is 8.42 Å². The lowest BCUT2D eigenvalue weighted by molar-refractivity contribution is -0.115. The minimum atomic E-state index is -5.56. The first-order valence-electron chi connectivity index (χ1n) is 2.55. The molecule has 3 nitrogen and oxygen atoms in total. The van der Waals surface area contributed by atoms with Gasteiger partial charge in [0.25, 0.3) is 9.84 Å². The van der Waals surface area contributed by atoms with Crippen LogP contribution in [0.15, 0.2) is 0 Å². The Labute approximate surface area is 71.4 Å². The number of halogens is 4. The molecule has 0 amide bonds. The van der Waals surface area contributed by atoms with E-state index in [0.29, 0.717) is 6.92 Å². The number of carbonyl (C=O) groups excluding carboxylic acids is 1. The van der Waals surface area contributed by atoms with Gasteiger partial charge in [0.1, 0.15) is 0 Å². The highest BCUT2D eigenvalue weighted by atomic mass is 35.5. The Morgan fingerprint density at radius 1 is 1.42 bits per heavy atom. The third-order valence-electron chi connectivity index (χ3n) is 0.915. The molecule has 0 aromatic carbocycles. The fourth-order valence-corrected chi connectivity index (χ4v) is 1.31. The van der Waals surface area contributed by atoms with Crippen LogP contribution in [-0.2, 0) is 14.6 Å². The molecule has 0 heterocycles. The van der Waals surface area contributed by atoms with E-state index in [1.165, 1.54) is 0 Å². The maximum Gasteiger partial charge on any atom is 0.499 e. The second-order valence-corrected chi connectivity index (χ2v) is 4.64. The summed E-state index contributed by atoms with van der Waals surface area (Å²) in [6, 6.07) is 0. The molecular formula is C4H4ClF3O3S. The predicted octanol–water partition coefficient (Wildman–Crippen LogP) is 1.07. The first-order valence-corrected chi connectivity index (χ1v) is 4.53. The SMILES string of the molecule is CC(=O)C(Cl)S(=O)(=O)C(F)(F)F. The molecule has 0 aliphatic carbocycles. The number of sulfone groups is 1. The number of alkyl halides is 4. The monoisotopic (exact) mass is 224 g/mol. The van der Waals surface area contributed by atoms with Crippen molar-refractivity contribution in [2.45, 2.75) is 17.1 Å².